The molecule has 5 aromatic rings. The average molecular weight is 589 g/mol. The summed E-state index contributed by atoms with van der Waals surface area (Å²) in [6.07, 6.45) is 13.6. The number of rotatable bonds is 7. The van der Waals surface area contributed by atoms with Gasteiger partial charge in [-0.2, -0.15) is 4.57 Å². The average Bonchev–Trinajstić information content (AvgIpc) is 3.34. The fourth-order valence-corrected chi connectivity index (χ4v) is 9.41. The largest absolute Gasteiger partial charge is 0.222 e. The van der Waals surface area contributed by atoms with Crippen LogP contribution in [0.15, 0.2) is 108 Å². The fraction of sp³-hybridized carbons (Fsp3) is 0.341. The number of benzene rings is 4. The minimum Gasteiger partial charge on any atom is -0.184 e. The van der Waals surface area contributed by atoms with E-state index in [1.807, 2.05) is 0 Å². The lowest BCUT2D eigenvalue weighted by atomic mass is 9.66. The molecule has 1 nitrogen and oxygen atoms in total. The molecular weight excluding hydrogens is 542 g/mol. The predicted molar refractivity (Wildman–Crippen MR) is 191 cm³/mol. The maximum atomic E-state index is 2.73. The number of fused-ring (bicyclic) bond motifs is 4. The van der Waals surface area contributed by atoms with Crippen LogP contribution in [0.2, 0.25) is 0 Å². The SMILES string of the molecule is CCC(CC)C1=CC2(CC(C(CC)CC)=C1)c1c3c(cc4ccccc14)C(C)(C)c1cc(-c4ccccc4)cc4cc[n+]2c-3c14. The van der Waals surface area contributed by atoms with Gasteiger partial charge in [0.15, 0.2) is 6.20 Å². The molecule has 1 aliphatic heterocycles. The highest BCUT2D eigenvalue weighted by Gasteiger charge is 2.57. The van der Waals surface area contributed by atoms with Crippen molar-refractivity contribution in [3.63, 3.8) is 0 Å². The highest BCUT2D eigenvalue weighted by atomic mass is 15.1. The molecule has 1 unspecified atom stereocenters. The molecule has 45 heavy (non-hydrogen) atoms. The molecule has 226 valence electrons. The van der Waals surface area contributed by atoms with Gasteiger partial charge in [0.2, 0.25) is 11.2 Å². The number of nitrogens with zero attached hydrogens (tertiary/aromatic N) is 1. The number of aromatic nitrogens is 1. The van der Waals surface area contributed by atoms with E-state index in [0.29, 0.717) is 11.8 Å². The highest BCUT2D eigenvalue weighted by molar-refractivity contribution is 6.07. The van der Waals surface area contributed by atoms with Crippen LogP contribution in [-0.4, -0.2) is 0 Å². The first-order valence-electron chi connectivity index (χ1n) is 17.4. The molecule has 0 amide bonds. The highest BCUT2D eigenvalue weighted by Crippen LogP contribution is 2.58. The quantitative estimate of drug-likeness (QED) is 0.167. The van der Waals surface area contributed by atoms with Crippen LogP contribution in [0, 0.1) is 11.8 Å². The summed E-state index contributed by atoms with van der Waals surface area (Å²) in [5.41, 5.74) is 12.8. The van der Waals surface area contributed by atoms with Crippen LogP contribution in [-0.2, 0) is 11.0 Å². The Morgan fingerprint density at radius 2 is 1.42 bits per heavy atom. The molecule has 0 bridgehead atoms. The molecule has 0 fully saturated rings. The summed E-state index contributed by atoms with van der Waals surface area (Å²) in [4.78, 5) is 0. The van der Waals surface area contributed by atoms with Gasteiger partial charge in [0, 0.05) is 23.5 Å². The molecule has 1 heteroatoms. The van der Waals surface area contributed by atoms with Crippen LogP contribution in [0.25, 0.3) is 43.9 Å². The van der Waals surface area contributed by atoms with Crippen molar-refractivity contribution < 1.29 is 4.57 Å². The Morgan fingerprint density at radius 1 is 0.711 bits per heavy atom. The number of hydrogen-bond donors (Lipinski definition) is 0. The maximum absolute atomic E-state index is 2.73. The fourth-order valence-electron chi connectivity index (χ4n) is 9.41. The van der Waals surface area contributed by atoms with Crippen molar-refractivity contribution >= 4 is 21.5 Å². The van der Waals surface area contributed by atoms with E-state index in [1.54, 1.807) is 11.1 Å². The van der Waals surface area contributed by atoms with Gasteiger partial charge in [0.05, 0.1) is 10.9 Å². The Labute approximate surface area is 269 Å². The second-order valence-corrected chi connectivity index (χ2v) is 14.4. The Kier molecular flexibility index (Phi) is 6.51. The zero-order valence-corrected chi connectivity index (χ0v) is 27.9. The van der Waals surface area contributed by atoms with Crippen LogP contribution < -0.4 is 4.57 Å². The molecule has 0 N–H and O–H groups in total. The predicted octanol–water partition coefficient (Wildman–Crippen LogP) is 11.4. The van der Waals surface area contributed by atoms with Gasteiger partial charge in [-0.25, -0.2) is 0 Å². The third kappa shape index (κ3) is 3.89. The van der Waals surface area contributed by atoms with Crippen molar-refractivity contribution in [1.82, 2.24) is 0 Å². The summed E-state index contributed by atoms with van der Waals surface area (Å²) in [5, 5.41) is 5.57. The van der Waals surface area contributed by atoms with Crippen molar-refractivity contribution in [2.45, 2.75) is 84.6 Å². The zero-order chi connectivity index (χ0) is 31.1. The molecular formula is C44H46N+. The second kappa shape index (κ2) is 10.3. The summed E-state index contributed by atoms with van der Waals surface area (Å²) in [7, 11) is 0. The van der Waals surface area contributed by atoms with Crippen molar-refractivity contribution in [3.05, 3.63) is 125 Å². The first-order valence-corrected chi connectivity index (χ1v) is 17.4. The maximum Gasteiger partial charge on any atom is 0.222 e. The van der Waals surface area contributed by atoms with Crippen molar-refractivity contribution in [2.24, 2.45) is 11.8 Å². The Morgan fingerprint density at radius 3 is 2.16 bits per heavy atom. The molecule has 2 heterocycles. The van der Waals surface area contributed by atoms with Gasteiger partial charge in [-0.3, -0.25) is 0 Å². The standard InChI is InChI=1S/C44H46N/c1-7-28(8-2)34-23-35(29(9-3)10-4)27-44(26-34)41-36-19-15-14-18-31(36)24-38-40(41)42-39-32(20-21-45(42)44)22-33(25-37(39)43(38,5)6)30-16-12-11-13-17-30/h11-26,28-29H,7-10,27H2,1-6H3/q+1. The number of hydrogen-bond acceptors (Lipinski definition) is 0. The molecule has 1 aromatic heterocycles. The molecule has 0 radical (unpaired) electrons. The van der Waals surface area contributed by atoms with Gasteiger partial charge in [-0.05, 0) is 106 Å². The molecule has 8 rings (SSSR count). The normalized spacial score (nSPS) is 19.2. The third-order valence-corrected chi connectivity index (χ3v) is 11.9. The lowest BCUT2D eigenvalue weighted by Gasteiger charge is -2.34. The summed E-state index contributed by atoms with van der Waals surface area (Å²) >= 11 is 0. The van der Waals surface area contributed by atoms with Crippen molar-refractivity contribution in [3.8, 4) is 22.4 Å². The van der Waals surface area contributed by atoms with Crippen molar-refractivity contribution in [2.75, 3.05) is 0 Å². The Bertz CT molecular complexity index is 2050. The molecule has 2 aliphatic carbocycles. The van der Waals surface area contributed by atoms with Gasteiger partial charge in [-0.1, -0.05) is 108 Å². The second-order valence-electron chi connectivity index (χ2n) is 14.4. The van der Waals surface area contributed by atoms with E-state index in [0.717, 1.165) is 6.42 Å². The van der Waals surface area contributed by atoms with Crippen LogP contribution >= 0.6 is 0 Å². The number of pyridine rings is 1. The van der Waals surface area contributed by atoms with Crippen LogP contribution in [0.4, 0.5) is 0 Å². The van der Waals surface area contributed by atoms with E-state index < -0.39 is 0 Å². The monoisotopic (exact) mass is 588 g/mol. The third-order valence-electron chi connectivity index (χ3n) is 11.9. The van der Waals surface area contributed by atoms with E-state index in [2.05, 4.69) is 143 Å². The summed E-state index contributed by atoms with van der Waals surface area (Å²) in [6, 6.07) is 30.0. The molecule has 1 spiro atoms. The van der Waals surface area contributed by atoms with Gasteiger partial charge < -0.3 is 0 Å². The molecule has 4 aromatic carbocycles. The minimum absolute atomic E-state index is 0.139. The molecule has 0 saturated heterocycles. The molecule has 1 atom stereocenters. The van der Waals surface area contributed by atoms with Crippen molar-refractivity contribution in [1.29, 1.82) is 0 Å². The first kappa shape index (κ1) is 28.5. The number of allylic oxidation sites excluding steroid dienone is 4. The van der Waals surface area contributed by atoms with Crippen LogP contribution in [0.5, 0.6) is 0 Å². The lowest BCUT2D eigenvalue weighted by molar-refractivity contribution is -0.725. The Balaban J connectivity index is 1.53. The van der Waals surface area contributed by atoms with E-state index in [9.17, 15) is 0 Å². The first-order chi connectivity index (χ1) is 21.9. The smallest absolute Gasteiger partial charge is 0.184 e. The van der Waals surface area contributed by atoms with Gasteiger partial charge >= 0.3 is 0 Å². The molecule has 3 aliphatic rings. The van der Waals surface area contributed by atoms with Crippen LogP contribution in [0.3, 0.4) is 0 Å². The van der Waals surface area contributed by atoms with E-state index in [-0.39, 0.29) is 11.0 Å². The minimum atomic E-state index is -0.241. The Hall–Kier alpha value is -3.97. The van der Waals surface area contributed by atoms with Crippen LogP contribution in [0.1, 0.15) is 90.3 Å². The van der Waals surface area contributed by atoms with E-state index >= 15 is 0 Å². The molecule has 0 saturated carbocycles. The van der Waals surface area contributed by atoms with Gasteiger partial charge in [0.1, 0.15) is 0 Å². The van der Waals surface area contributed by atoms with E-state index in [1.165, 1.54) is 86.3 Å². The summed E-state index contributed by atoms with van der Waals surface area (Å²) in [5.74, 6) is 1.17. The summed E-state index contributed by atoms with van der Waals surface area (Å²) in [6.45, 7) is 14.4. The van der Waals surface area contributed by atoms with Gasteiger partial charge in [0.25, 0.3) is 0 Å². The topological polar surface area (TPSA) is 3.88 Å². The van der Waals surface area contributed by atoms with E-state index in [4.69, 9.17) is 0 Å². The lowest BCUT2D eigenvalue weighted by Crippen LogP contribution is -2.55. The van der Waals surface area contributed by atoms with Gasteiger partial charge in [-0.15, -0.1) is 0 Å². The zero-order valence-electron chi connectivity index (χ0n) is 27.9. The summed E-state index contributed by atoms with van der Waals surface area (Å²) < 4.78 is 2.73.